The average molecular weight is 811 g/mol. The molecule has 10 atom stereocenters. The number of benzene rings is 4. The molecule has 0 radical (unpaired) electrons. The summed E-state index contributed by atoms with van der Waals surface area (Å²) in [5.41, 5.74) is 4.19. The zero-order valence-electron chi connectivity index (χ0n) is 34.6. The van der Waals surface area contributed by atoms with Crippen LogP contribution in [-0.2, 0) is 73.8 Å². The minimum Gasteiger partial charge on any atom is -0.373 e. The molecule has 10 heteroatoms. The summed E-state index contributed by atoms with van der Waals surface area (Å²) in [6.45, 7) is 4.75. The van der Waals surface area contributed by atoms with Crippen molar-refractivity contribution in [1.82, 2.24) is 0 Å². The van der Waals surface area contributed by atoms with Crippen molar-refractivity contribution in [2.24, 2.45) is 0 Å². The molecule has 4 aromatic rings. The maximum absolute atomic E-state index is 6.92. The fourth-order valence-electron chi connectivity index (χ4n) is 8.04. The van der Waals surface area contributed by atoms with E-state index in [0.717, 1.165) is 35.1 Å². The van der Waals surface area contributed by atoms with E-state index in [1.807, 2.05) is 84.9 Å². The number of unbranched alkanes of at least 4 members (excludes halogenated alkanes) is 5. The first kappa shape index (κ1) is 43.6. The number of hydrogen-bond acceptors (Lipinski definition) is 10. The van der Waals surface area contributed by atoms with Crippen molar-refractivity contribution >= 4 is 0 Å². The molecule has 0 amide bonds. The van der Waals surface area contributed by atoms with Gasteiger partial charge in [-0.15, -0.1) is 0 Å². The third kappa shape index (κ3) is 12.5. The Morgan fingerprint density at radius 3 is 1.49 bits per heavy atom. The van der Waals surface area contributed by atoms with Crippen LogP contribution in [0.3, 0.4) is 0 Å². The standard InChI is InChI=1S/C49H62O10/c1-3-4-5-6-7-20-29-51-49-47(55-33-39-27-18-11-19-28-39)45(54-32-38-25-16-10-17-26-38)43(53-31-37-23-14-9-15-24-37)41(59-49)35-57-48-46(50-2)44-42(40(58-48)34-56-44)52-30-36-21-12-8-13-22-36/h8-19,21-28,40-49H,3-7,20,29-35H2,1-2H3/t40-,41-,42-,43-,44+,45+,46+,47+,48+,49+/m1/s1. The maximum Gasteiger partial charge on any atom is 0.187 e. The van der Waals surface area contributed by atoms with Crippen molar-refractivity contribution in [3.8, 4) is 0 Å². The summed E-state index contributed by atoms with van der Waals surface area (Å²) in [7, 11) is 1.65. The molecule has 10 nitrogen and oxygen atoms in total. The molecule has 4 aromatic carbocycles. The lowest BCUT2D eigenvalue weighted by Gasteiger charge is -2.46. The monoisotopic (exact) mass is 810 g/mol. The summed E-state index contributed by atoms with van der Waals surface area (Å²) >= 11 is 0. The van der Waals surface area contributed by atoms with Gasteiger partial charge in [-0.2, -0.15) is 0 Å². The van der Waals surface area contributed by atoms with E-state index in [1.165, 1.54) is 25.7 Å². The van der Waals surface area contributed by atoms with Crippen LogP contribution in [0.1, 0.15) is 67.7 Å². The van der Waals surface area contributed by atoms with E-state index in [9.17, 15) is 0 Å². The van der Waals surface area contributed by atoms with Crippen LogP contribution in [0.2, 0.25) is 0 Å². The highest BCUT2D eigenvalue weighted by Gasteiger charge is 2.54. The highest BCUT2D eigenvalue weighted by Crippen LogP contribution is 2.36. The summed E-state index contributed by atoms with van der Waals surface area (Å²) in [5.74, 6) is 0. The predicted molar refractivity (Wildman–Crippen MR) is 223 cm³/mol. The lowest BCUT2D eigenvalue weighted by atomic mass is 9.97. The van der Waals surface area contributed by atoms with Crippen LogP contribution in [0.25, 0.3) is 0 Å². The predicted octanol–water partition coefficient (Wildman–Crippen LogP) is 8.59. The first-order valence-corrected chi connectivity index (χ1v) is 21.5. The number of fused-ring (bicyclic) bond motifs is 2. The molecular formula is C49H62O10. The van der Waals surface area contributed by atoms with Gasteiger partial charge in [0.1, 0.15) is 48.8 Å². The first-order chi connectivity index (χ1) is 29.2. The van der Waals surface area contributed by atoms with Crippen molar-refractivity contribution < 1.29 is 47.4 Å². The minimum atomic E-state index is -0.749. The normalized spacial score (nSPS) is 27.8. The van der Waals surface area contributed by atoms with Gasteiger partial charge in [0.05, 0.1) is 39.6 Å². The molecule has 59 heavy (non-hydrogen) atoms. The van der Waals surface area contributed by atoms with Gasteiger partial charge in [-0.1, -0.05) is 160 Å². The van der Waals surface area contributed by atoms with Gasteiger partial charge in [0.2, 0.25) is 0 Å². The maximum atomic E-state index is 6.92. The Morgan fingerprint density at radius 2 is 0.949 bits per heavy atom. The van der Waals surface area contributed by atoms with Crippen LogP contribution in [-0.4, -0.2) is 88.3 Å². The van der Waals surface area contributed by atoms with Gasteiger partial charge in [-0.05, 0) is 28.7 Å². The smallest absolute Gasteiger partial charge is 0.187 e. The fourth-order valence-corrected chi connectivity index (χ4v) is 8.04. The van der Waals surface area contributed by atoms with E-state index < -0.39 is 43.1 Å². The van der Waals surface area contributed by atoms with E-state index in [4.69, 9.17) is 47.4 Å². The molecule has 3 aliphatic heterocycles. The molecular weight excluding hydrogens is 749 g/mol. The molecule has 3 heterocycles. The quantitative estimate of drug-likeness (QED) is 0.0642. The van der Waals surface area contributed by atoms with Crippen molar-refractivity contribution in [1.29, 1.82) is 0 Å². The van der Waals surface area contributed by atoms with Crippen molar-refractivity contribution in [3.63, 3.8) is 0 Å². The number of methoxy groups -OCH3 is 1. The SMILES string of the molecule is CCCCCCCCO[C@H]1O[C@H](CO[C@H]2O[C@@H]3CO[C@H]([C@@H]2OC)[C@@H]3OCc2ccccc2)[C@@H](OCc2ccccc2)[C@H](OCc2ccccc2)[C@@H]1OCc1ccccc1. The Labute approximate surface area is 350 Å². The second-order valence-electron chi connectivity index (χ2n) is 15.6. The summed E-state index contributed by atoms with van der Waals surface area (Å²) in [4.78, 5) is 0. The second kappa shape index (κ2) is 23.5. The van der Waals surface area contributed by atoms with Gasteiger partial charge in [0.25, 0.3) is 0 Å². The first-order valence-electron chi connectivity index (χ1n) is 21.5. The fraction of sp³-hybridized carbons (Fsp3) is 0.510. The molecule has 7 rings (SSSR count). The lowest BCUT2D eigenvalue weighted by Crippen LogP contribution is -2.62. The van der Waals surface area contributed by atoms with Gasteiger partial charge in [-0.3, -0.25) is 0 Å². The molecule has 2 bridgehead atoms. The molecule has 0 saturated carbocycles. The summed E-state index contributed by atoms with van der Waals surface area (Å²) in [5, 5.41) is 0. The second-order valence-corrected chi connectivity index (χ2v) is 15.6. The molecule has 0 unspecified atom stereocenters. The number of hydrogen-bond donors (Lipinski definition) is 0. The Morgan fingerprint density at radius 1 is 0.475 bits per heavy atom. The number of rotatable bonds is 24. The zero-order valence-corrected chi connectivity index (χ0v) is 34.6. The molecule has 0 spiro atoms. The molecule has 3 aliphatic rings. The molecule has 0 N–H and O–H groups in total. The summed E-state index contributed by atoms with van der Waals surface area (Å²) in [6, 6.07) is 40.5. The Bertz CT molecular complexity index is 1720. The average Bonchev–Trinajstić information content (AvgIpc) is 3.58. The summed E-state index contributed by atoms with van der Waals surface area (Å²) in [6.07, 6.45) is 1.46. The van der Waals surface area contributed by atoms with Crippen molar-refractivity contribution in [3.05, 3.63) is 144 Å². The Balaban J connectivity index is 1.12. The van der Waals surface area contributed by atoms with Crippen LogP contribution in [0.5, 0.6) is 0 Å². The van der Waals surface area contributed by atoms with Crippen LogP contribution in [0, 0.1) is 0 Å². The van der Waals surface area contributed by atoms with E-state index >= 15 is 0 Å². The van der Waals surface area contributed by atoms with Gasteiger partial charge >= 0.3 is 0 Å². The van der Waals surface area contributed by atoms with Crippen LogP contribution in [0.15, 0.2) is 121 Å². The van der Waals surface area contributed by atoms with Gasteiger partial charge in [0.15, 0.2) is 12.6 Å². The van der Waals surface area contributed by atoms with Crippen molar-refractivity contribution in [2.75, 3.05) is 26.9 Å². The molecule has 3 fully saturated rings. The highest BCUT2D eigenvalue weighted by atomic mass is 16.8. The molecule has 0 aromatic heterocycles. The van der Waals surface area contributed by atoms with Gasteiger partial charge < -0.3 is 47.4 Å². The van der Waals surface area contributed by atoms with E-state index in [1.54, 1.807) is 7.11 Å². The minimum absolute atomic E-state index is 0.118. The van der Waals surface area contributed by atoms with E-state index in [2.05, 4.69) is 43.3 Å². The largest absolute Gasteiger partial charge is 0.373 e. The van der Waals surface area contributed by atoms with Gasteiger partial charge in [0, 0.05) is 13.7 Å². The van der Waals surface area contributed by atoms with E-state index in [-0.39, 0.29) is 24.9 Å². The molecule has 318 valence electrons. The molecule has 3 saturated heterocycles. The highest BCUT2D eigenvalue weighted by molar-refractivity contribution is 5.16. The third-order valence-electron chi connectivity index (χ3n) is 11.3. The van der Waals surface area contributed by atoms with Crippen LogP contribution < -0.4 is 0 Å². The van der Waals surface area contributed by atoms with Gasteiger partial charge in [-0.25, -0.2) is 0 Å². The third-order valence-corrected chi connectivity index (χ3v) is 11.3. The summed E-state index contributed by atoms with van der Waals surface area (Å²) < 4.78 is 65.9. The number of ether oxygens (including phenoxy) is 10. The topological polar surface area (TPSA) is 92.3 Å². The molecule has 0 aliphatic carbocycles. The Hall–Kier alpha value is -3.52. The van der Waals surface area contributed by atoms with Crippen molar-refractivity contribution in [2.45, 2.75) is 133 Å². The van der Waals surface area contributed by atoms with E-state index in [0.29, 0.717) is 39.6 Å². The van der Waals surface area contributed by atoms with Crippen LogP contribution >= 0.6 is 0 Å². The van der Waals surface area contributed by atoms with Crippen LogP contribution in [0.4, 0.5) is 0 Å². The Kier molecular flexibility index (Phi) is 17.3. The zero-order chi connectivity index (χ0) is 40.5. The lowest BCUT2D eigenvalue weighted by molar-refractivity contribution is -0.340.